The molecule has 2 aliphatic heterocycles. The predicted molar refractivity (Wildman–Crippen MR) is 150 cm³/mol. The van der Waals surface area contributed by atoms with Crippen molar-refractivity contribution in [2.75, 3.05) is 42.6 Å². The van der Waals surface area contributed by atoms with Gasteiger partial charge in [0.2, 0.25) is 5.95 Å². The first-order chi connectivity index (χ1) is 18.3. The van der Waals surface area contributed by atoms with Gasteiger partial charge in [0.05, 0.1) is 18.7 Å². The zero-order valence-corrected chi connectivity index (χ0v) is 24.5. The zero-order chi connectivity index (χ0) is 28.2. The number of nitrogens with zero attached hydrogens (tertiary/aromatic N) is 6. The average Bonchev–Trinajstić information content (AvgIpc) is 3.44. The maximum absolute atomic E-state index is 14.5. The number of rotatable bonds is 6. The van der Waals surface area contributed by atoms with Crippen molar-refractivity contribution in [2.45, 2.75) is 70.8 Å². The lowest BCUT2D eigenvalue weighted by atomic mass is 10.2. The van der Waals surface area contributed by atoms with Crippen LogP contribution in [0.5, 0.6) is 5.75 Å². The normalized spacial score (nSPS) is 20.9. The molecule has 9 nitrogen and oxygen atoms in total. The molecule has 2 fully saturated rings. The van der Waals surface area contributed by atoms with Gasteiger partial charge in [-0.2, -0.15) is 9.97 Å². The highest BCUT2D eigenvalue weighted by atomic mass is 28.4. The van der Waals surface area contributed by atoms with E-state index in [1.807, 2.05) is 11.0 Å². The van der Waals surface area contributed by atoms with E-state index < -0.39 is 26.3 Å². The Morgan fingerprint density at radius 2 is 1.77 bits per heavy atom. The van der Waals surface area contributed by atoms with Crippen molar-refractivity contribution in [2.24, 2.45) is 0 Å². The fraction of sp³-hybridized carbons (Fsp3) is 0.593. The predicted octanol–water partition coefficient (Wildman–Crippen LogP) is 5.28. The summed E-state index contributed by atoms with van der Waals surface area (Å²) in [6, 6.07) is 7.13. The van der Waals surface area contributed by atoms with Crippen LogP contribution in [0.2, 0.25) is 18.1 Å². The Morgan fingerprint density at radius 1 is 1.08 bits per heavy atom. The lowest BCUT2D eigenvalue weighted by Crippen LogP contribution is -2.43. The third-order valence-electron chi connectivity index (χ3n) is 8.15. The first-order valence-corrected chi connectivity index (χ1v) is 16.4. The summed E-state index contributed by atoms with van der Waals surface area (Å²) in [4.78, 5) is 17.8. The van der Waals surface area contributed by atoms with Gasteiger partial charge in [-0.15, -0.1) is 0 Å². The molecule has 4 heterocycles. The Bertz CT molecular complexity index is 1350. The summed E-state index contributed by atoms with van der Waals surface area (Å²) in [5.41, 5.74) is -0.298. The first kappa shape index (κ1) is 27.7. The number of anilines is 2. The number of morpholine rings is 1. The number of hydrogen-bond acceptors (Lipinski definition) is 8. The molecule has 2 saturated heterocycles. The average molecular weight is 561 g/mol. The Kier molecular flexibility index (Phi) is 7.09. The van der Waals surface area contributed by atoms with Gasteiger partial charge in [-0.3, -0.25) is 4.57 Å². The molecular weight excluding hydrogens is 522 g/mol. The smallest absolute Gasteiger partial charge is 0.296 e. The molecule has 1 aromatic carbocycles. The number of para-hydroxylation sites is 1. The summed E-state index contributed by atoms with van der Waals surface area (Å²) in [6.45, 7) is 15.3. The molecule has 212 valence electrons. The number of benzene rings is 1. The minimum absolute atomic E-state index is 0.0824. The number of halogens is 2. The van der Waals surface area contributed by atoms with Crippen molar-refractivity contribution in [3.05, 3.63) is 30.1 Å². The highest BCUT2D eigenvalue weighted by Gasteiger charge is 2.40. The molecule has 2 aromatic heterocycles. The van der Waals surface area contributed by atoms with Gasteiger partial charge in [-0.25, -0.2) is 13.8 Å². The third kappa shape index (κ3) is 5.21. The summed E-state index contributed by atoms with van der Waals surface area (Å²) in [5, 5.41) is 11.0. The molecule has 0 amide bonds. The summed E-state index contributed by atoms with van der Waals surface area (Å²) in [6.07, 6.45) is -1.49. The van der Waals surface area contributed by atoms with Crippen LogP contribution in [0.15, 0.2) is 24.3 Å². The van der Waals surface area contributed by atoms with Crippen LogP contribution < -0.4 is 14.2 Å². The van der Waals surface area contributed by atoms with Crippen LogP contribution in [0.25, 0.3) is 17.0 Å². The van der Waals surface area contributed by atoms with E-state index in [4.69, 9.17) is 19.1 Å². The van der Waals surface area contributed by atoms with Crippen molar-refractivity contribution in [3.63, 3.8) is 0 Å². The van der Waals surface area contributed by atoms with E-state index in [0.29, 0.717) is 67.7 Å². The molecule has 1 atom stereocenters. The molecule has 2 aliphatic rings. The number of alkyl halides is 2. The van der Waals surface area contributed by atoms with Gasteiger partial charge >= 0.3 is 0 Å². The van der Waals surface area contributed by atoms with Crippen LogP contribution in [0.4, 0.5) is 20.4 Å². The van der Waals surface area contributed by atoms with Crippen LogP contribution in [0.1, 0.15) is 52.8 Å². The molecule has 39 heavy (non-hydrogen) atoms. The second kappa shape index (κ2) is 9.97. The fourth-order valence-corrected chi connectivity index (χ4v) is 5.89. The molecule has 0 aliphatic carbocycles. The molecule has 0 saturated carbocycles. The molecule has 12 heteroatoms. The van der Waals surface area contributed by atoms with E-state index in [1.165, 1.54) is 4.57 Å². The lowest BCUT2D eigenvalue weighted by molar-refractivity contribution is 0.0707. The second-order valence-corrected chi connectivity index (χ2v) is 16.8. The van der Waals surface area contributed by atoms with Crippen LogP contribution >= 0.6 is 0 Å². The molecule has 3 aromatic rings. The zero-order valence-electron chi connectivity index (χ0n) is 23.5. The van der Waals surface area contributed by atoms with E-state index in [1.54, 1.807) is 25.1 Å². The Labute approximate surface area is 228 Å². The van der Waals surface area contributed by atoms with Crippen molar-refractivity contribution >= 4 is 31.0 Å². The topological polar surface area (TPSA) is 88.8 Å². The van der Waals surface area contributed by atoms with E-state index in [-0.39, 0.29) is 11.0 Å². The Hall–Kier alpha value is -2.83. The monoisotopic (exact) mass is 560 g/mol. The van der Waals surface area contributed by atoms with E-state index in [0.717, 1.165) is 6.42 Å². The number of imidazole rings is 1. The van der Waals surface area contributed by atoms with Crippen LogP contribution in [-0.4, -0.2) is 71.5 Å². The van der Waals surface area contributed by atoms with Gasteiger partial charge < -0.3 is 24.1 Å². The molecule has 0 spiro atoms. The van der Waals surface area contributed by atoms with Crippen LogP contribution in [-0.2, 0) is 4.74 Å². The standard InChI is InChI=1S/C27H38F2N6O3Si/c1-26(2,3)39(5,6)38-19-10-7-9-18-22(19)32-24(23(28)29)35(18)25-30-20(33-13-15-37-16-14-33)17-21(31-25)34-12-8-11-27(34,4)36/h7,9-10,17,23,36H,8,11-16H2,1-6H3. The largest absolute Gasteiger partial charge is 0.542 e. The number of fused-ring (bicyclic) bond motifs is 1. The van der Waals surface area contributed by atoms with Crippen LogP contribution in [0.3, 0.4) is 0 Å². The van der Waals surface area contributed by atoms with Gasteiger partial charge in [0, 0.05) is 25.7 Å². The van der Waals surface area contributed by atoms with Gasteiger partial charge in [0.15, 0.2) is 5.82 Å². The summed E-state index contributed by atoms with van der Waals surface area (Å²) in [5.74, 6) is 1.19. The highest BCUT2D eigenvalue weighted by Crippen LogP contribution is 2.40. The van der Waals surface area contributed by atoms with Crippen molar-refractivity contribution in [1.82, 2.24) is 19.5 Å². The third-order valence-corrected chi connectivity index (χ3v) is 12.5. The van der Waals surface area contributed by atoms with E-state index in [2.05, 4.69) is 43.7 Å². The Balaban J connectivity index is 1.70. The molecule has 1 N–H and O–H groups in total. The number of ether oxygens (including phenoxy) is 1. The summed E-state index contributed by atoms with van der Waals surface area (Å²) < 4.78 is 42.5. The summed E-state index contributed by atoms with van der Waals surface area (Å²) >= 11 is 0. The molecule has 5 rings (SSSR count). The van der Waals surface area contributed by atoms with E-state index >= 15 is 0 Å². The summed E-state index contributed by atoms with van der Waals surface area (Å²) in [7, 11) is -2.27. The minimum Gasteiger partial charge on any atom is -0.542 e. The maximum atomic E-state index is 14.5. The minimum atomic E-state index is -2.87. The van der Waals surface area contributed by atoms with Gasteiger partial charge in [-0.05, 0) is 50.0 Å². The fourth-order valence-electron chi connectivity index (χ4n) is 4.87. The number of hydrogen-bond donors (Lipinski definition) is 1. The molecule has 0 bridgehead atoms. The lowest BCUT2D eigenvalue weighted by Gasteiger charge is -2.36. The van der Waals surface area contributed by atoms with Crippen LogP contribution in [0, 0.1) is 0 Å². The van der Waals surface area contributed by atoms with Crippen molar-refractivity contribution in [3.8, 4) is 11.7 Å². The second-order valence-electron chi connectivity index (χ2n) is 12.0. The Morgan fingerprint density at radius 3 is 2.38 bits per heavy atom. The number of aromatic nitrogens is 4. The SMILES string of the molecule is CC1(O)CCCN1c1cc(N2CCOCC2)nc(-n2c(C(F)F)nc3c(O[Si](C)(C)C(C)(C)C)cccc32)n1. The molecule has 1 unspecified atom stereocenters. The maximum Gasteiger partial charge on any atom is 0.296 e. The van der Waals surface area contributed by atoms with Gasteiger partial charge in [0.25, 0.3) is 14.7 Å². The first-order valence-electron chi connectivity index (χ1n) is 13.5. The highest BCUT2D eigenvalue weighted by molar-refractivity contribution is 6.74. The van der Waals surface area contributed by atoms with Gasteiger partial charge in [0.1, 0.15) is 28.6 Å². The van der Waals surface area contributed by atoms with Crippen molar-refractivity contribution < 1.29 is 23.1 Å². The van der Waals surface area contributed by atoms with Crippen molar-refractivity contribution in [1.29, 1.82) is 0 Å². The molecule has 0 radical (unpaired) electrons. The quantitative estimate of drug-likeness (QED) is 0.408. The molecular formula is C27H38F2N6O3Si. The number of aliphatic hydroxyl groups is 1. The van der Waals surface area contributed by atoms with E-state index in [9.17, 15) is 13.9 Å². The van der Waals surface area contributed by atoms with Gasteiger partial charge in [-0.1, -0.05) is 26.8 Å².